The summed E-state index contributed by atoms with van der Waals surface area (Å²) in [5.74, 6) is -2.20. The topological polar surface area (TPSA) is 144 Å². The Balaban J connectivity index is 1.63. The van der Waals surface area contributed by atoms with E-state index in [0.717, 1.165) is 15.8 Å². The van der Waals surface area contributed by atoms with Crippen molar-refractivity contribution in [3.05, 3.63) is 59.1 Å². The van der Waals surface area contributed by atoms with Crippen molar-refractivity contribution in [3.8, 4) is 0 Å². The number of carbonyl (C=O) groups is 5. The minimum absolute atomic E-state index is 0.0375. The van der Waals surface area contributed by atoms with Crippen molar-refractivity contribution in [2.45, 2.75) is 51.7 Å². The molecule has 42 heavy (non-hydrogen) atoms. The number of fused-ring (bicyclic) bond motifs is 1. The molecule has 2 aromatic heterocycles. The summed E-state index contributed by atoms with van der Waals surface area (Å²) in [5, 5.41) is 10.3. The Hall–Kier alpha value is -4.19. The smallest absolute Gasteiger partial charge is 0.270 e. The van der Waals surface area contributed by atoms with Gasteiger partial charge >= 0.3 is 0 Å². The molecule has 12 heteroatoms. The molecule has 1 fully saturated rings. The lowest BCUT2D eigenvalue weighted by Crippen LogP contribution is -2.57. The van der Waals surface area contributed by atoms with E-state index in [4.69, 9.17) is 0 Å². The van der Waals surface area contributed by atoms with Gasteiger partial charge in [-0.25, -0.2) is 0 Å². The van der Waals surface area contributed by atoms with Crippen LogP contribution in [0.25, 0.3) is 10.2 Å². The SMILES string of the molecule is CC(C)C[C@@H]1NC(=O)CN(C(=O)c2cc3sccc3[nH]2)CCNC(=O)[C@H](Cc2ccccc2)NC(=O)[C@H](C)N(C)C1=O. The second-order valence-corrected chi connectivity index (χ2v) is 12.0. The van der Waals surface area contributed by atoms with Crippen molar-refractivity contribution in [2.75, 3.05) is 26.7 Å². The molecule has 3 heterocycles. The minimum Gasteiger partial charge on any atom is -0.353 e. The van der Waals surface area contributed by atoms with Gasteiger partial charge in [0.1, 0.15) is 23.8 Å². The summed E-state index contributed by atoms with van der Waals surface area (Å²) in [7, 11) is 1.50. The molecule has 1 saturated heterocycles. The van der Waals surface area contributed by atoms with Crippen molar-refractivity contribution in [2.24, 2.45) is 5.92 Å². The van der Waals surface area contributed by atoms with Crippen LogP contribution in [0.15, 0.2) is 47.8 Å². The summed E-state index contributed by atoms with van der Waals surface area (Å²) in [5.41, 5.74) is 1.99. The minimum atomic E-state index is -0.915. The lowest BCUT2D eigenvalue weighted by atomic mass is 10.0. The van der Waals surface area contributed by atoms with Crippen LogP contribution in [0.2, 0.25) is 0 Å². The molecule has 3 atom stereocenters. The maximum atomic E-state index is 13.5. The molecule has 1 aliphatic rings. The first-order valence-electron chi connectivity index (χ1n) is 14.1. The van der Waals surface area contributed by atoms with Gasteiger partial charge in [-0.1, -0.05) is 44.2 Å². The van der Waals surface area contributed by atoms with Crippen molar-refractivity contribution < 1.29 is 24.0 Å². The van der Waals surface area contributed by atoms with Crippen LogP contribution >= 0.6 is 11.3 Å². The van der Waals surface area contributed by atoms with Crippen LogP contribution < -0.4 is 16.0 Å². The molecule has 4 rings (SSSR count). The zero-order chi connectivity index (χ0) is 30.4. The fourth-order valence-electron chi connectivity index (χ4n) is 4.89. The molecular formula is C30H38N6O5S. The highest BCUT2D eigenvalue weighted by atomic mass is 32.1. The number of amides is 5. The Kier molecular flexibility index (Phi) is 10.00. The van der Waals surface area contributed by atoms with E-state index in [-0.39, 0.29) is 32.0 Å². The van der Waals surface area contributed by atoms with E-state index in [9.17, 15) is 24.0 Å². The number of aromatic amines is 1. The van der Waals surface area contributed by atoms with Crippen LogP contribution in [-0.4, -0.2) is 89.1 Å². The summed E-state index contributed by atoms with van der Waals surface area (Å²) in [6.07, 6.45) is 0.585. The van der Waals surface area contributed by atoms with Crippen LogP contribution in [0, 0.1) is 5.92 Å². The highest BCUT2D eigenvalue weighted by molar-refractivity contribution is 7.17. The predicted octanol–water partition coefficient (Wildman–Crippen LogP) is 1.91. The van der Waals surface area contributed by atoms with E-state index in [2.05, 4.69) is 20.9 Å². The van der Waals surface area contributed by atoms with Gasteiger partial charge in [0.25, 0.3) is 5.91 Å². The van der Waals surface area contributed by atoms with Gasteiger partial charge in [0.05, 0.1) is 16.8 Å². The zero-order valence-electron chi connectivity index (χ0n) is 24.3. The molecular weight excluding hydrogens is 556 g/mol. The van der Waals surface area contributed by atoms with Gasteiger partial charge in [-0.05, 0) is 42.3 Å². The van der Waals surface area contributed by atoms with Gasteiger partial charge in [0.15, 0.2) is 0 Å². The van der Waals surface area contributed by atoms with Gasteiger partial charge < -0.3 is 30.7 Å². The number of rotatable bonds is 5. The van der Waals surface area contributed by atoms with Crippen LogP contribution in [-0.2, 0) is 25.6 Å². The summed E-state index contributed by atoms with van der Waals surface area (Å²) in [4.78, 5) is 72.6. The molecule has 5 amide bonds. The summed E-state index contributed by atoms with van der Waals surface area (Å²) < 4.78 is 0.911. The van der Waals surface area contributed by atoms with Gasteiger partial charge in [0.2, 0.25) is 23.6 Å². The molecule has 0 bridgehead atoms. The maximum absolute atomic E-state index is 13.5. The predicted molar refractivity (Wildman–Crippen MR) is 161 cm³/mol. The molecule has 11 nitrogen and oxygen atoms in total. The zero-order valence-corrected chi connectivity index (χ0v) is 25.1. The monoisotopic (exact) mass is 594 g/mol. The molecule has 3 aromatic rings. The number of H-pyrrole nitrogens is 1. The van der Waals surface area contributed by atoms with Crippen LogP contribution in [0.3, 0.4) is 0 Å². The summed E-state index contributed by atoms with van der Waals surface area (Å²) in [6, 6.07) is 10.2. The Bertz CT molecular complexity index is 1410. The third kappa shape index (κ3) is 7.55. The van der Waals surface area contributed by atoms with Crippen molar-refractivity contribution in [1.29, 1.82) is 0 Å². The van der Waals surface area contributed by atoms with Crippen LogP contribution in [0.1, 0.15) is 43.2 Å². The quantitative estimate of drug-likeness (QED) is 0.357. The van der Waals surface area contributed by atoms with Crippen molar-refractivity contribution in [1.82, 2.24) is 30.7 Å². The standard InChI is InChI=1S/C30H38N6O5S/c1-18(2)14-23-29(40)35(4)19(3)27(38)34-22(15-20-8-6-5-7-9-20)28(39)31-11-12-36(17-26(37)33-23)30(41)24-16-25-21(32-24)10-13-42-25/h5-10,13,16,18-19,22-23,32H,11-12,14-15,17H2,1-4H3,(H,31,39)(H,33,37)(H,34,38)/t19-,22-,23-/m0/s1. The highest BCUT2D eigenvalue weighted by Gasteiger charge is 2.33. The Morgan fingerprint density at radius 3 is 2.45 bits per heavy atom. The first-order chi connectivity index (χ1) is 20.0. The molecule has 1 aromatic carbocycles. The second kappa shape index (κ2) is 13.6. The van der Waals surface area contributed by atoms with Gasteiger partial charge in [-0.3, -0.25) is 24.0 Å². The van der Waals surface area contributed by atoms with Gasteiger partial charge in [-0.2, -0.15) is 0 Å². The number of nitrogens with zero attached hydrogens (tertiary/aromatic N) is 2. The Morgan fingerprint density at radius 1 is 1.02 bits per heavy atom. The third-order valence-electron chi connectivity index (χ3n) is 7.34. The van der Waals surface area contributed by atoms with Gasteiger partial charge in [-0.15, -0.1) is 11.3 Å². The maximum Gasteiger partial charge on any atom is 0.270 e. The fraction of sp³-hybridized carbons (Fsp3) is 0.433. The number of nitrogens with one attached hydrogen (secondary N) is 4. The van der Waals surface area contributed by atoms with Gasteiger partial charge in [0, 0.05) is 26.6 Å². The molecule has 0 unspecified atom stereocenters. The number of benzene rings is 1. The highest BCUT2D eigenvalue weighted by Crippen LogP contribution is 2.22. The second-order valence-electron chi connectivity index (χ2n) is 11.0. The number of likely N-dealkylation sites (N-methyl/N-ethyl adjacent to an activating group) is 1. The van der Waals surface area contributed by atoms with E-state index >= 15 is 0 Å². The van der Waals surface area contributed by atoms with E-state index in [0.29, 0.717) is 12.1 Å². The number of hydrogen-bond donors (Lipinski definition) is 4. The van der Waals surface area contributed by atoms with Crippen LogP contribution in [0.5, 0.6) is 0 Å². The Labute approximate surface area is 249 Å². The van der Waals surface area contributed by atoms with E-state index in [1.165, 1.54) is 28.2 Å². The molecule has 4 N–H and O–H groups in total. The largest absolute Gasteiger partial charge is 0.353 e. The van der Waals surface area contributed by atoms with E-state index in [1.54, 1.807) is 13.0 Å². The number of aromatic nitrogens is 1. The number of hydrogen-bond acceptors (Lipinski definition) is 6. The van der Waals surface area contributed by atoms with E-state index < -0.39 is 47.7 Å². The first-order valence-corrected chi connectivity index (χ1v) is 14.9. The number of thiophene rings is 1. The first kappa shape index (κ1) is 30.8. The lowest BCUT2D eigenvalue weighted by Gasteiger charge is -2.30. The van der Waals surface area contributed by atoms with Crippen molar-refractivity contribution >= 4 is 51.1 Å². The lowest BCUT2D eigenvalue weighted by molar-refractivity contribution is -0.142. The van der Waals surface area contributed by atoms with E-state index in [1.807, 2.05) is 55.6 Å². The average Bonchev–Trinajstić information content (AvgIpc) is 3.57. The number of carbonyl (C=O) groups excluding carboxylic acids is 5. The fourth-order valence-corrected chi connectivity index (χ4v) is 5.68. The normalized spacial score (nSPS) is 21.5. The summed E-state index contributed by atoms with van der Waals surface area (Å²) in [6.45, 7) is 5.23. The Morgan fingerprint density at radius 2 is 1.76 bits per heavy atom. The molecule has 0 saturated carbocycles. The third-order valence-corrected chi connectivity index (χ3v) is 8.20. The van der Waals surface area contributed by atoms with Crippen LogP contribution in [0.4, 0.5) is 0 Å². The molecule has 224 valence electrons. The molecule has 1 aliphatic heterocycles. The molecule has 0 radical (unpaired) electrons. The molecule has 0 aliphatic carbocycles. The summed E-state index contributed by atoms with van der Waals surface area (Å²) >= 11 is 1.49. The molecule has 0 spiro atoms. The average molecular weight is 595 g/mol. The van der Waals surface area contributed by atoms with Crippen molar-refractivity contribution in [3.63, 3.8) is 0 Å².